The van der Waals surface area contributed by atoms with Gasteiger partial charge in [0.2, 0.25) is 0 Å². The predicted molar refractivity (Wildman–Crippen MR) is 103 cm³/mol. The Kier molecular flexibility index (Phi) is 4.63. The minimum absolute atomic E-state index is 0.0557. The highest BCUT2D eigenvalue weighted by atomic mass is 19.1. The Hall–Kier alpha value is -3.14. The summed E-state index contributed by atoms with van der Waals surface area (Å²) in [5, 5.41) is 9.12. The zero-order valence-corrected chi connectivity index (χ0v) is 15.9. The SMILES string of the molecule is CN(C)C(=O)N1C[C@H]2CN(c3cccc(C#N)n3)C[C@H]2[C@H]1c1cccc(F)c1. The van der Waals surface area contributed by atoms with E-state index in [0.29, 0.717) is 18.8 Å². The molecule has 0 aliphatic carbocycles. The van der Waals surface area contributed by atoms with Crippen molar-refractivity contribution >= 4 is 11.8 Å². The minimum atomic E-state index is -0.295. The highest BCUT2D eigenvalue weighted by molar-refractivity contribution is 5.75. The number of benzene rings is 1. The summed E-state index contributed by atoms with van der Waals surface area (Å²) in [7, 11) is 3.48. The van der Waals surface area contributed by atoms with Gasteiger partial charge in [-0.15, -0.1) is 0 Å². The quantitative estimate of drug-likeness (QED) is 0.805. The van der Waals surface area contributed by atoms with E-state index in [-0.39, 0.29) is 29.7 Å². The number of nitrogens with zero attached hydrogens (tertiary/aromatic N) is 5. The van der Waals surface area contributed by atoms with Gasteiger partial charge in [-0.1, -0.05) is 18.2 Å². The Morgan fingerprint density at radius 1 is 1.21 bits per heavy atom. The molecule has 0 spiro atoms. The van der Waals surface area contributed by atoms with Gasteiger partial charge in [0.15, 0.2) is 0 Å². The number of likely N-dealkylation sites (tertiary alicyclic amines) is 1. The number of fused-ring (bicyclic) bond motifs is 1. The molecule has 28 heavy (non-hydrogen) atoms. The molecular weight excluding hydrogens is 357 g/mol. The second kappa shape index (κ2) is 7.12. The third-order valence-electron chi connectivity index (χ3n) is 5.66. The molecule has 7 heteroatoms. The summed E-state index contributed by atoms with van der Waals surface area (Å²) in [6, 6.07) is 13.8. The molecule has 2 amide bonds. The number of aromatic nitrogens is 1. The van der Waals surface area contributed by atoms with Gasteiger partial charge in [-0.3, -0.25) is 0 Å². The number of pyridine rings is 1. The molecule has 1 aromatic heterocycles. The second-order valence-electron chi connectivity index (χ2n) is 7.65. The molecule has 0 saturated carbocycles. The molecule has 2 fully saturated rings. The van der Waals surface area contributed by atoms with Crippen LogP contribution in [0, 0.1) is 29.0 Å². The highest BCUT2D eigenvalue weighted by Crippen LogP contribution is 2.46. The summed E-state index contributed by atoms with van der Waals surface area (Å²) < 4.78 is 13.9. The predicted octanol–water partition coefficient (Wildman–Crippen LogP) is 2.88. The van der Waals surface area contributed by atoms with Crippen molar-refractivity contribution < 1.29 is 9.18 Å². The van der Waals surface area contributed by atoms with Crippen LogP contribution in [-0.4, -0.2) is 54.5 Å². The van der Waals surface area contributed by atoms with Crippen LogP contribution in [0.5, 0.6) is 0 Å². The topological polar surface area (TPSA) is 63.5 Å². The van der Waals surface area contributed by atoms with Crippen LogP contribution in [0.1, 0.15) is 17.3 Å². The average Bonchev–Trinajstić information content (AvgIpc) is 3.25. The van der Waals surface area contributed by atoms with E-state index >= 15 is 0 Å². The molecular formula is C21H22FN5O. The van der Waals surface area contributed by atoms with Crippen LogP contribution in [-0.2, 0) is 0 Å². The van der Waals surface area contributed by atoms with Gasteiger partial charge in [-0.05, 0) is 29.8 Å². The van der Waals surface area contributed by atoms with Crippen LogP contribution >= 0.6 is 0 Å². The Morgan fingerprint density at radius 3 is 2.71 bits per heavy atom. The molecule has 3 atom stereocenters. The van der Waals surface area contributed by atoms with Gasteiger partial charge in [0.25, 0.3) is 0 Å². The molecule has 2 aliphatic rings. The molecule has 6 nitrogen and oxygen atoms in total. The summed E-state index contributed by atoms with van der Waals surface area (Å²) >= 11 is 0. The van der Waals surface area contributed by atoms with Gasteiger partial charge in [-0.2, -0.15) is 5.26 Å². The number of hydrogen-bond acceptors (Lipinski definition) is 4. The fourth-order valence-electron chi connectivity index (χ4n) is 4.47. The van der Waals surface area contributed by atoms with E-state index in [0.717, 1.165) is 17.9 Å². The molecule has 3 heterocycles. The van der Waals surface area contributed by atoms with Crippen LogP contribution in [0.25, 0.3) is 0 Å². The van der Waals surface area contributed by atoms with E-state index in [1.54, 1.807) is 31.1 Å². The first kappa shape index (κ1) is 18.2. The normalized spacial score (nSPS) is 23.4. The number of anilines is 1. The summed E-state index contributed by atoms with van der Waals surface area (Å²) in [4.78, 5) is 22.8. The maximum absolute atomic E-state index is 13.9. The largest absolute Gasteiger partial charge is 0.356 e. The van der Waals surface area contributed by atoms with Crippen molar-refractivity contribution in [3.05, 3.63) is 59.5 Å². The molecule has 0 bridgehead atoms. The number of amides is 2. The smallest absolute Gasteiger partial charge is 0.320 e. The highest BCUT2D eigenvalue weighted by Gasteiger charge is 2.49. The van der Waals surface area contributed by atoms with Crippen molar-refractivity contribution in [3.63, 3.8) is 0 Å². The molecule has 0 radical (unpaired) electrons. The zero-order valence-electron chi connectivity index (χ0n) is 15.9. The van der Waals surface area contributed by atoms with E-state index in [1.165, 1.54) is 12.1 Å². The van der Waals surface area contributed by atoms with Crippen molar-refractivity contribution in [3.8, 4) is 6.07 Å². The van der Waals surface area contributed by atoms with E-state index in [1.807, 2.05) is 23.1 Å². The first-order chi connectivity index (χ1) is 13.5. The van der Waals surface area contributed by atoms with Gasteiger partial charge in [0.1, 0.15) is 23.4 Å². The van der Waals surface area contributed by atoms with Gasteiger partial charge in [-0.25, -0.2) is 14.2 Å². The molecule has 2 saturated heterocycles. The number of urea groups is 1. The van der Waals surface area contributed by atoms with Crippen molar-refractivity contribution in [2.24, 2.45) is 11.8 Å². The third kappa shape index (κ3) is 3.15. The molecule has 144 valence electrons. The Morgan fingerprint density at radius 2 is 2.00 bits per heavy atom. The van der Waals surface area contributed by atoms with Crippen molar-refractivity contribution in [1.82, 2.24) is 14.8 Å². The Balaban J connectivity index is 1.65. The van der Waals surface area contributed by atoms with E-state index in [9.17, 15) is 9.18 Å². The Bertz CT molecular complexity index is 940. The summed E-state index contributed by atoms with van der Waals surface area (Å²) in [6.45, 7) is 2.10. The molecule has 4 rings (SSSR count). The number of carbonyl (C=O) groups is 1. The average molecular weight is 379 g/mol. The number of nitriles is 1. The molecule has 0 N–H and O–H groups in total. The zero-order chi connectivity index (χ0) is 19.8. The number of carbonyl (C=O) groups excluding carboxylic acids is 1. The standard InChI is InChI=1S/C21H22FN5O/c1-25(2)21(28)27-12-15-11-26(19-8-4-7-17(10-23)24-19)13-18(15)20(27)14-5-3-6-16(22)9-14/h3-9,15,18,20H,11-13H2,1-2H3/t15-,18-,20-/m1/s1. The number of hydrogen-bond donors (Lipinski definition) is 0. The van der Waals surface area contributed by atoms with E-state index in [4.69, 9.17) is 5.26 Å². The third-order valence-corrected chi connectivity index (χ3v) is 5.66. The first-order valence-electron chi connectivity index (χ1n) is 9.33. The van der Waals surface area contributed by atoms with E-state index < -0.39 is 0 Å². The number of halogens is 1. The van der Waals surface area contributed by atoms with Crippen LogP contribution in [0.2, 0.25) is 0 Å². The minimum Gasteiger partial charge on any atom is -0.356 e. The van der Waals surface area contributed by atoms with Crippen LogP contribution < -0.4 is 4.90 Å². The van der Waals surface area contributed by atoms with Gasteiger partial charge < -0.3 is 14.7 Å². The van der Waals surface area contributed by atoms with Crippen LogP contribution in [0.15, 0.2) is 42.5 Å². The van der Waals surface area contributed by atoms with Crippen LogP contribution in [0.4, 0.5) is 15.0 Å². The van der Waals surface area contributed by atoms with Crippen LogP contribution in [0.3, 0.4) is 0 Å². The summed E-state index contributed by atoms with van der Waals surface area (Å²) in [5.74, 6) is 0.927. The summed E-state index contributed by atoms with van der Waals surface area (Å²) in [6.07, 6.45) is 0. The second-order valence-corrected chi connectivity index (χ2v) is 7.65. The molecule has 1 aromatic carbocycles. The first-order valence-corrected chi connectivity index (χ1v) is 9.33. The molecule has 2 aromatic rings. The van der Waals surface area contributed by atoms with Crippen molar-refractivity contribution in [2.75, 3.05) is 38.6 Å². The van der Waals surface area contributed by atoms with Gasteiger partial charge in [0, 0.05) is 45.6 Å². The number of rotatable bonds is 2. The monoisotopic (exact) mass is 379 g/mol. The van der Waals surface area contributed by atoms with Crippen molar-refractivity contribution in [1.29, 1.82) is 5.26 Å². The maximum Gasteiger partial charge on any atom is 0.320 e. The van der Waals surface area contributed by atoms with E-state index in [2.05, 4.69) is 16.0 Å². The maximum atomic E-state index is 13.9. The summed E-state index contributed by atoms with van der Waals surface area (Å²) in [5.41, 5.74) is 1.21. The van der Waals surface area contributed by atoms with Gasteiger partial charge in [0.05, 0.1) is 6.04 Å². The molecule has 2 aliphatic heterocycles. The lowest BCUT2D eigenvalue weighted by molar-refractivity contribution is 0.159. The fraction of sp³-hybridized carbons (Fsp3) is 0.381. The molecule has 0 unspecified atom stereocenters. The Labute approximate surface area is 163 Å². The lowest BCUT2D eigenvalue weighted by atomic mass is 9.89. The van der Waals surface area contributed by atoms with Gasteiger partial charge >= 0.3 is 6.03 Å². The van der Waals surface area contributed by atoms with Crippen molar-refractivity contribution in [2.45, 2.75) is 6.04 Å². The lowest BCUT2D eigenvalue weighted by Crippen LogP contribution is -2.41. The lowest BCUT2D eigenvalue weighted by Gasteiger charge is -2.32. The fourth-order valence-corrected chi connectivity index (χ4v) is 4.47.